The van der Waals surface area contributed by atoms with Crippen LogP contribution in [0.15, 0.2) is 36.5 Å². The second-order valence-electron chi connectivity index (χ2n) is 12.2. The third-order valence-corrected chi connectivity index (χ3v) is 9.05. The summed E-state index contributed by atoms with van der Waals surface area (Å²) in [6, 6.07) is 11.6. The molecule has 2 aliphatic rings. The maximum absolute atomic E-state index is 10.1. The second-order valence-corrected chi connectivity index (χ2v) is 12.2. The molecule has 0 amide bonds. The van der Waals surface area contributed by atoms with E-state index in [-0.39, 0.29) is 5.54 Å². The number of nitrogens with zero attached hydrogens (tertiary/aromatic N) is 5. The summed E-state index contributed by atoms with van der Waals surface area (Å²) in [4.78, 5) is 15.0. The first-order valence-corrected chi connectivity index (χ1v) is 14.8. The molecule has 2 fully saturated rings. The van der Waals surface area contributed by atoms with Crippen molar-refractivity contribution >= 4 is 16.9 Å². The number of aromatic nitrogens is 3. The van der Waals surface area contributed by atoms with Gasteiger partial charge in [0.2, 0.25) is 0 Å². The number of hydrogen-bond acceptors (Lipinski definition) is 7. The quantitative estimate of drug-likeness (QED) is 0.376. The summed E-state index contributed by atoms with van der Waals surface area (Å²) >= 11 is 0. The Hall–Kier alpha value is -2.68. The van der Waals surface area contributed by atoms with E-state index in [1.165, 1.54) is 5.56 Å². The molecule has 1 saturated heterocycles. The Morgan fingerprint density at radius 1 is 1.15 bits per heavy atom. The first-order valence-electron chi connectivity index (χ1n) is 14.8. The molecule has 1 saturated carbocycles. The highest BCUT2D eigenvalue weighted by Gasteiger charge is 2.39. The van der Waals surface area contributed by atoms with Crippen molar-refractivity contribution in [2.24, 2.45) is 7.05 Å². The minimum Gasteiger partial charge on any atom is -0.508 e. The van der Waals surface area contributed by atoms with Gasteiger partial charge in [-0.3, -0.25) is 9.80 Å². The summed E-state index contributed by atoms with van der Waals surface area (Å²) in [5, 5.41) is 17.5. The minimum atomic E-state index is -0.0533. The normalized spacial score (nSPS) is 27.2. The van der Waals surface area contributed by atoms with Gasteiger partial charge in [-0.25, -0.2) is 9.97 Å². The van der Waals surface area contributed by atoms with Gasteiger partial charge in [0.15, 0.2) is 5.65 Å². The van der Waals surface area contributed by atoms with E-state index in [0.717, 1.165) is 74.3 Å². The predicted octanol–water partition coefficient (Wildman–Crippen LogP) is 5.01. The predicted molar refractivity (Wildman–Crippen MR) is 159 cm³/mol. The van der Waals surface area contributed by atoms with Crippen molar-refractivity contribution in [2.45, 2.75) is 89.0 Å². The number of pyridine rings is 1. The number of phenols is 1. The molecular formula is C31H47N7O. The number of imidazole rings is 1. The third kappa shape index (κ3) is 5.65. The summed E-state index contributed by atoms with van der Waals surface area (Å²) in [5.41, 5.74) is 4.11. The maximum atomic E-state index is 10.1. The van der Waals surface area contributed by atoms with Gasteiger partial charge >= 0.3 is 0 Å². The third-order valence-electron chi connectivity index (χ3n) is 9.05. The van der Waals surface area contributed by atoms with Crippen LogP contribution in [-0.2, 0) is 12.6 Å². The maximum Gasteiger partial charge on any atom is 0.159 e. The van der Waals surface area contributed by atoms with Crippen LogP contribution >= 0.6 is 0 Å². The van der Waals surface area contributed by atoms with E-state index in [1.54, 1.807) is 6.07 Å². The average Bonchev–Trinajstić information content (AvgIpc) is 3.22. The molecule has 0 bridgehead atoms. The summed E-state index contributed by atoms with van der Waals surface area (Å²) < 4.78 is 2.21. The van der Waals surface area contributed by atoms with Gasteiger partial charge in [0.1, 0.15) is 17.1 Å². The van der Waals surface area contributed by atoms with Crippen LogP contribution in [0.1, 0.15) is 76.7 Å². The Bertz CT molecular complexity index is 1250. The molecule has 0 spiro atoms. The zero-order valence-electron chi connectivity index (χ0n) is 24.6. The molecule has 3 aromatic rings. The molecule has 1 aromatic carbocycles. The Kier molecular flexibility index (Phi) is 8.17. The van der Waals surface area contributed by atoms with Gasteiger partial charge < -0.3 is 20.3 Å². The number of piperazine rings is 1. The number of hydrogen-bond donors (Lipinski definition) is 3. The number of benzene rings is 1. The van der Waals surface area contributed by atoms with Gasteiger partial charge in [-0.05, 0) is 83.8 Å². The molecule has 3 heterocycles. The molecule has 5 rings (SSSR count). The number of aromatic hydroxyl groups is 1. The van der Waals surface area contributed by atoms with Crippen LogP contribution in [0, 0.1) is 0 Å². The van der Waals surface area contributed by atoms with Crippen LogP contribution in [0.5, 0.6) is 5.75 Å². The molecule has 8 nitrogen and oxygen atoms in total. The van der Waals surface area contributed by atoms with Gasteiger partial charge in [-0.1, -0.05) is 25.5 Å². The largest absolute Gasteiger partial charge is 0.508 e. The highest BCUT2D eigenvalue weighted by atomic mass is 16.3. The monoisotopic (exact) mass is 533 g/mol. The highest BCUT2D eigenvalue weighted by molar-refractivity contribution is 5.75. The van der Waals surface area contributed by atoms with E-state index in [4.69, 9.17) is 9.97 Å². The minimum absolute atomic E-state index is 0.0533. The van der Waals surface area contributed by atoms with E-state index in [9.17, 15) is 5.11 Å². The first-order chi connectivity index (χ1) is 18.7. The lowest BCUT2D eigenvalue weighted by Gasteiger charge is -2.46. The van der Waals surface area contributed by atoms with E-state index >= 15 is 0 Å². The lowest BCUT2D eigenvalue weighted by atomic mass is 9.74. The number of fused-ring (bicyclic) bond motifs is 1. The number of anilines is 1. The molecule has 0 radical (unpaired) electrons. The van der Waals surface area contributed by atoms with Gasteiger partial charge in [-0.15, -0.1) is 0 Å². The number of rotatable bonds is 8. The number of aryl methyl sites for hydroxylation is 1. The lowest BCUT2D eigenvalue weighted by molar-refractivity contribution is 0.0942. The van der Waals surface area contributed by atoms with Gasteiger partial charge in [0.25, 0.3) is 0 Å². The van der Waals surface area contributed by atoms with Gasteiger partial charge in [0, 0.05) is 43.8 Å². The van der Waals surface area contributed by atoms with Crippen LogP contribution in [-0.4, -0.2) is 74.8 Å². The second kappa shape index (κ2) is 11.4. The van der Waals surface area contributed by atoms with Crippen molar-refractivity contribution in [1.29, 1.82) is 0 Å². The molecule has 2 aromatic heterocycles. The first kappa shape index (κ1) is 27.9. The van der Waals surface area contributed by atoms with E-state index in [2.05, 4.69) is 79.0 Å². The molecule has 0 unspecified atom stereocenters. The van der Waals surface area contributed by atoms with Crippen LogP contribution in [0.3, 0.4) is 0 Å². The van der Waals surface area contributed by atoms with Crippen molar-refractivity contribution in [1.82, 2.24) is 29.7 Å². The van der Waals surface area contributed by atoms with Gasteiger partial charge in [-0.2, -0.15) is 0 Å². The van der Waals surface area contributed by atoms with E-state index in [0.29, 0.717) is 29.9 Å². The smallest absolute Gasteiger partial charge is 0.159 e. The van der Waals surface area contributed by atoms with E-state index < -0.39 is 0 Å². The topological polar surface area (TPSA) is 81.5 Å². The standard InChI is InChI=1S/C31H47N7O/c1-7-9-28(38-19-21(2)33-22(3)20-38)30-35-27-17-25(18-32-29(27)37(30)6)34-24-12-14-31(15-13-24,36(4)5)23-10-8-11-26(39)16-23/h8,10-11,16-18,21-22,24,28,33-34,39H,7,9,12-15,19-20H2,1-6H3/t21-,22+,24-,28-,31-/m1/s1. The van der Waals surface area contributed by atoms with E-state index in [1.807, 2.05) is 18.3 Å². The molecular weight excluding hydrogens is 486 g/mol. The summed E-state index contributed by atoms with van der Waals surface area (Å²) in [7, 11) is 6.43. The summed E-state index contributed by atoms with van der Waals surface area (Å²) in [5.74, 6) is 1.46. The number of phenolic OH excluding ortho intramolecular Hbond substituents is 1. The highest BCUT2D eigenvalue weighted by Crippen LogP contribution is 2.42. The van der Waals surface area contributed by atoms with Crippen LogP contribution in [0.25, 0.3) is 11.2 Å². The lowest BCUT2D eigenvalue weighted by Crippen LogP contribution is -2.55. The van der Waals surface area contributed by atoms with Crippen molar-refractivity contribution in [2.75, 3.05) is 32.5 Å². The van der Waals surface area contributed by atoms with Crippen molar-refractivity contribution in [3.63, 3.8) is 0 Å². The van der Waals surface area contributed by atoms with Crippen molar-refractivity contribution in [3.8, 4) is 5.75 Å². The molecule has 212 valence electrons. The fraction of sp³-hybridized carbons (Fsp3) is 0.613. The van der Waals surface area contributed by atoms with Crippen LogP contribution in [0.2, 0.25) is 0 Å². The van der Waals surface area contributed by atoms with Gasteiger partial charge in [0.05, 0.1) is 17.9 Å². The van der Waals surface area contributed by atoms with Crippen molar-refractivity contribution in [3.05, 3.63) is 47.9 Å². The molecule has 3 N–H and O–H groups in total. The molecule has 3 atom stereocenters. The SMILES string of the molecule is CCC[C@H](c1nc2cc(N[C@H]3CC[C@](c4cccc(O)c4)(N(C)C)CC3)cnc2n1C)N1C[C@@H](C)N[C@@H](C)C1. The Morgan fingerprint density at radius 3 is 2.51 bits per heavy atom. The fourth-order valence-electron chi connectivity index (χ4n) is 7.11. The van der Waals surface area contributed by atoms with Crippen molar-refractivity contribution < 1.29 is 5.11 Å². The Morgan fingerprint density at radius 2 is 1.87 bits per heavy atom. The fourth-order valence-corrected chi connectivity index (χ4v) is 7.11. The summed E-state index contributed by atoms with van der Waals surface area (Å²) in [6.45, 7) is 8.89. The molecule has 39 heavy (non-hydrogen) atoms. The number of nitrogens with one attached hydrogen (secondary N) is 2. The molecule has 1 aliphatic heterocycles. The van der Waals surface area contributed by atoms with Crippen LogP contribution in [0.4, 0.5) is 5.69 Å². The Labute approximate surface area is 233 Å². The van der Waals surface area contributed by atoms with Crippen LogP contribution < -0.4 is 10.6 Å². The molecule has 1 aliphatic carbocycles. The zero-order valence-corrected chi connectivity index (χ0v) is 24.6. The average molecular weight is 534 g/mol. The summed E-state index contributed by atoms with van der Waals surface area (Å²) in [6.07, 6.45) is 8.36. The Balaban J connectivity index is 1.32. The zero-order chi connectivity index (χ0) is 27.7. The molecule has 8 heteroatoms.